The molecule has 1 aromatic rings. The van der Waals surface area contributed by atoms with Gasteiger partial charge in [0.25, 0.3) is 0 Å². The molecule has 18 heavy (non-hydrogen) atoms. The van der Waals surface area contributed by atoms with Crippen LogP contribution in [0.1, 0.15) is 42.5 Å². The van der Waals surface area contributed by atoms with Crippen molar-refractivity contribution < 1.29 is 19.1 Å². The zero-order valence-corrected chi connectivity index (χ0v) is 10.3. The highest BCUT2D eigenvalue weighted by Gasteiger charge is 2.14. The molecule has 0 aliphatic heterocycles. The first-order valence-electron chi connectivity index (χ1n) is 5.90. The number of rotatable bonds is 7. The van der Waals surface area contributed by atoms with Gasteiger partial charge >= 0.3 is 5.97 Å². The van der Waals surface area contributed by atoms with Gasteiger partial charge in [-0.3, -0.25) is 4.79 Å². The molecule has 1 unspecified atom stereocenters. The summed E-state index contributed by atoms with van der Waals surface area (Å²) in [6.07, 6.45) is 2.53. The molecule has 0 aliphatic carbocycles. The van der Waals surface area contributed by atoms with Crippen molar-refractivity contribution in [2.45, 2.75) is 38.8 Å². The maximum atomic E-state index is 11.6. The molecule has 0 saturated heterocycles. The van der Waals surface area contributed by atoms with Crippen molar-refractivity contribution in [1.82, 2.24) is 5.32 Å². The Morgan fingerprint density at radius 3 is 2.78 bits per heavy atom. The Bertz CT molecular complexity index is 414. The van der Waals surface area contributed by atoms with Gasteiger partial charge in [0.05, 0.1) is 12.6 Å². The predicted octanol–water partition coefficient (Wildman–Crippen LogP) is 1.11. The number of amides is 1. The van der Waals surface area contributed by atoms with Gasteiger partial charge in [-0.15, -0.1) is 0 Å². The second kappa shape index (κ2) is 6.80. The highest BCUT2D eigenvalue weighted by Crippen LogP contribution is 2.07. The van der Waals surface area contributed by atoms with E-state index in [1.54, 1.807) is 0 Å². The molecule has 0 aromatic carbocycles. The quantitative estimate of drug-likeness (QED) is 0.676. The first kappa shape index (κ1) is 14.2. The topological polar surface area (TPSA) is 106 Å². The van der Waals surface area contributed by atoms with Crippen LogP contribution in [0.2, 0.25) is 0 Å². The molecule has 1 heterocycles. The summed E-state index contributed by atoms with van der Waals surface area (Å²) in [6.45, 7) is 2.17. The van der Waals surface area contributed by atoms with Crippen molar-refractivity contribution in [1.29, 1.82) is 0 Å². The van der Waals surface area contributed by atoms with E-state index in [9.17, 15) is 9.59 Å². The van der Waals surface area contributed by atoms with Crippen molar-refractivity contribution in [3.8, 4) is 0 Å². The fourth-order valence-corrected chi connectivity index (χ4v) is 1.45. The fourth-order valence-electron chi connectivity index (χ4n) is 1.45. The Kier molecular flexibility index (Phi) is 5.38. The number of hydrogen-bond donors (Lipinski definition) is 3. The Labute approximate surface area is 105 Å². The zero-order chi connectivity index (χ0) is 13.5. The van der Waals surface area contributed by atoms with Crippen LogP contribution in [-0.2, 0) is 11.3 Å². The van der Waals surface area contributed by atoms with E-state index in [0.29, 0.717) is 12.2 Å². The molecule has 0 aliphatic rings. The van der Waals surface area contributed by atoms with Crippen LogP contribution in [-0.4, -0.2) is 23.0 Å². The smallest absolute Gasteiger partial charge is 0.371 e. The van der Waals surface area contributed by atoms with E-state index in [1.165, 1.54) is 12.1 Å². The van der Waals surface area contributed by atoms with E-state index in [0.717, 1.165) is 12.8 Å². The van der Waals surface area contributed by atoms with Crippen LogP contribution in [0, 0.1) is 0 Å². The average Bonchev–Trinajstić information content (AvgIpc) is 2.81. The van der Waals surface area contributed by atoms with Gasteiger partial charge in [0.15, 0.2) is 0 Å². The van der Waals surface area contributed by atoms with Crippen molar-refractivity contribution in [3.63, 3.8) is 0 Å². The van der Waals surface area contributed by atoms with Crippen LogP contribution in [0.4, 0.5) is 0 Å². The average molecular weight is 254 g/mol. The molecule has 6 heteroatoms. The number of unbranched alkanes of at least 4 members (excludes halogenated alkanes) is 1. The molecule has 0 fully saturated rings. The second-order valence-electron chi connectivity index (χ2n) is 4.04. The second-order valence-corrected chi connectivity index (χ2v) is 4.04. The van der Waals surface area contributed by atoms with E-state index in [2.05, 4.69) is 5.32 Å². The Balaban J connectivity index is 2.39. The molecular weight excluding hydrogens is 236 g/mol. The van der Waals surface area contributed by atoms with Crippen LogP contribution in [0.15, 0.2) is 16.5 Å². The number of hydrogen-bond acceptors (Lipinski definition) is 4. The van der Waals surface area contributed by atoms with Gasteiger partial charge < -0.3 is 20.6 Å². The van der Waals surface area contributed by atoms with E-state index < -0.39 is 12.0 Å². The monoisotopic (exact) mass is 254 g/mol. The minimum absolute atomic E-state index is 0.144. The molecule has 1 amide bonds. The number of furan rings is 1. The normalized spacial score (nSPS) is 12.1. The summed E-state index contributed by atoms with van der Waals surface area (Å²) in [5.41, 5.74) is 5.68. The van der Waals surface area contributed by atoms with Crippen molar-refractivity contribution >= 4 is 11.9 Å². The molecule has 0 radical (unpaired) electrons. The molecule has 0 saturated carbocycles. The van der Waals surface area contributed by atoms with Gasteiger partial charge in [0, 0.05) is 0 Å². The minimum atomic E-state index is -1.13. The third-order valence-electron chi connectivity index (χ3n) is 2.51. The maximum absolute atomic E-state index is 11.6. The van der Waals surface area contributed by atoms with E-state index in [-0.39, 0.29) is 18.2 Å². The van der Waals surface area contributed by atoms with Crippen molar-refractivity contribution in [2.24, 2.45) is 5.73 Å². The molecule has 0 bridgehead atoms. The number of carboxylic acid groups (broad SMARTS) is 1. The van der Waals surface area contributed by atoms with Crippen LogP contribution in [0.5, 0.6) is 0 Å². The zero-order valence-electron chi connectivity index (χ0n) is 10.3. The molecular formula is C12H18N2O4. The summed E-state index contributed by atoms with van der Waals surface area (Å²) >= 11 is 0. The van der Waals surface area contributed by atoms with Crippen LogP contribution in [0.3, 0.4) is 0 Å². The Hall–Kier alpha value is -1.82. The largest absolute Gasteiger partial charge is 0.475 e. The lowest BCUT2D eigenvalue weighted by molar-refractivity contribution is -0.122. The molecule has 1 atom stereocenters. The standard InChI is InChI=1S/C12H18N2O4/c1-2-3-4-9(13)11(15)14-7-8-5-6-10(18-8)12(16)17/h5-6,9H,2-4,7,13H2,1H3,(H,14,15)(H,16,17). The molecule has 1 aromatic heterocycles. The fraction of sp³-hybridized carbons (Fsp3) is 0.500. The third kappa shape index (κ3) is 4.21. The number of carbonyl (C=O) groups excluding carboxylic acids is 1. The Morgan fingerprint density at radius 1 is 1.50 bits per heavy atom. The number of nitrogens with one attached hydrogen (secondary N) is 1. The van der Waals surface area contributed by atoms with Gasteiger partial charge in [0.2, 0.25) is 11.7 Å². The summed E-state index contributed by atoms with van der Waals surface area (Å²) in [4.78, 5) is 22.1. The maximum Gasteiger partial charge on any atom is 0.371 e. The van der Waals surface area contributed by atoms with E-state index in [4.69, 9.17) is 15.3 Å². The molecule has 0 spiro atoms. The molecule has 100 valence electrons. The lowest BCUT2D eigenvalue weighted by Gasteiger charge is -2.10. The highest BCUT2D eigenvalue weighted by molar-refractivity contribution is 5.84. The summed E-state index contributed by atoms with van der Waals surface area (Å²) < 4.78 is 5.00. The Morgan fingerprint density at radius 2 is 2.22 bits per heavy atom. The van der Waals surface area contributed by atoms with Gasteiger partial charge in [-0.1, -0.05) is 19.8 Å². The first-order chi connectivity index (χ1) is 8.54. The van der Waals surface area contributed by atoms with Gasteiger partial charge in [-0.05, 0) is 18.6 Å². The first-order valence-corrected chi connectivity index (χ1v) is 5.90. The van der Waals surface area contributed by atoms with E-state index >= 15 is 0 Å². The molecule has 1 rings (SSSR count). The number of carboxylic acids is 1. The minimum Gasteiger partial charge on any atom is -0.475 e. The van der Waals surface area contributed by atoms with Crippen molar-refractivity contribution in [2.75, 3.05) is 0 Å². The summed E-state index contributed by atoms with van der Waals surface area (Å²) in [7, 11) is 0. The van der Waals surface area contributed by atoms with Gasteiger partial charge in [-0.2, -0.15) is 0 Å². The third-order valence-corrected chi connectivity index (χ3v) is 2.51. The number of nitrogens with two attached hydrogens (primary N) is 1. The lowest BCUT2D eigenvalue weighted by Crippen LogP contribution is -2.40. The highest BCUT2D eigenvalue weighted by atomic mass is 16.4. The summed E-state index contributed by atoms with van der Waals surface area (Å²) in [6, 6.07) is 2.33. The van der Waals surface area contributed by atoms with Crippen LogP contribution >= 0.6 is 0 Å². The van der Waals surface area contributed by atoms with Gasteiger partial charge in [-0.25, -0.2) is 4.79 Å². The van der Waals surface area contributed by atoms with Crippen LogP contribution < -0.4 is 11.1 Å². The lowest BCUT2D eigenvalue weighted by atomic mass is 10.1. The molecule has 4 N–H and O–H groups in total. The summed E-state index contributed by atoms with van der Waals surface area (Å²) in [5, 5.41) is 11.3. The van der Waals surface area contributed by atoms with E-state index in [1.807, 2.05) is 6.92 Å². The van der Waals surface area contributed by atoms with Crippen LogP contribution in [0.25, 0.3) is 0 Å². The SMILES string of the molecule is CCCCC(N)C(=O)NCc1ccc(C(=O)O)o1. The van der Waals surface area contributed by atoms with Gasteiger partial charge in [0.1, 0.15) is 5.76 Å². The van der Waals surface area contributed by atoms with Crippen molar-refractivity contribution in [3.05, 3.63) is 23.7 Å². The number of carbonyl (C=O) groups is 2. The molecule has 6 nitrogen and oxygen atoms in total. The number of aromatic carboxylic acids is 1. The summed E-state index contributed by atoms with van der Waals surface area (Å²) in [5.74, 6) is -1.14. The predicted molar refractivity (Wildman–Crippen MR) is 65.0 cm³/mol.